The average molecular weight is 475 g/mol. The Morgan fingerprint density at radius 2 is 1.96 bits per heavy atom. The predicted octanol–water partition coefficient (Wildman–Crippen LogP) is 4.40. The minimum atomic E-state index is -0.976. The highest BCUT2D eigenvalue weighted by molar-refractivity contribution is 9.10. The highest BCUT2D eigenvalue weighted by atomic mass is 79.9. The van der Waals surface area contributed by atoms with E-state index in [1.54, 1.807) is 4.90 Å². The predicted molar refractivity (Wildman–Crippen MR) is 108 cm³/mol. The first-order chi connectivity index (χ1) is 13.0. The van der Waals surface area contributed by atoms with Gasteiger partial charge in [-0.05, 0) is 74.2 Å². The number of nitrogens with zero attached hydrogens (tertiary/aromatic N) is 2. The summed E-state index contributed by atoms with van der Waals surface area (Å²) in [5, 5.41) is 11.8. The van der Waals surface area contributed by atoms with Gasteiger partial charge in [0.1, 0.15) is 27.4 Å². The number of likely N-dealkylation sites (tertiary alicyclic amines) is 1. The van der Waals surface area contributed by atoms with Gasteiger partial charge in [-0.1, -0.05) is 0 Å². The van der Waals surface area contributed by atoms with Crippen molar-refractivity contribution in [3.63, 3.8) is 0 Å². The zero-order valence-corrected chi connectivity index (χ0v) is 18.9. The summed E-state index contributed by atoms with van der Waals surface area (Å²) in [6.07, 6.45) is 3.86. The third-order valence-electron chi connectivity index (χ3n) is 5.53. The summed E-state index contributed by atoms with van der Waals surface area (Å²) < 4.78 is 12.2. The number of thiazole rings is 1. The summed E-state index contributed by atoms with van der Waals surface area (Å²) in [7, 11) is 0. The van der Waals surface area contributed by atoms with E-state index in [0.717, 1.165) is 41.7 Å². The number of halogens is 1. The molecule has 1 aromatic rings. The number of ether oxygens (including phenoxy) is 2. The van der Waals surface area contributed by atoms with Gasteiger partial charge in [0.15, 0.2) is 0 Å². The molecule has 7 nitrogen and oxygen atoms in total. The molecule has 2 heterocycles. The largest absolute Gasteiger partial charge is 0.480 e. The first-order valence-corrected chi connectivity index (χ1v) is 11.2. The third-order valence-corrected chi connectivity index (χ3v) is 7.27. The lowest BCUT2D eigenvalue weighted by molar-refractivity contribution is -0.151. The maximum absolute atomic E-state index is 12.3. The van der Waals surface area contributed by atoms with E-state index in [1.165, 1.54) is 11.3 Å². The molecule has 1 aromatic heterocycles. The van der Waals surface area contributed by atoms with Gasteiger partial charge in [-0.15, -0.1) is 11.3 Å². The summed E-state index contributed by atoms with van der Waals surface area (Å²) in [5.41, 5.74) is -1.13. The molecule has 1 aliphatic heterocycles. The zero-order valence-electron chi connectivity index (χ0n) is 16.5. The van der Waals surface area contributed by atoms with Gasteiger partial charge in [0.05, 0.1) is 0 Å². The Morgan fingerprint density at radius 1 is 1.29 bits per heavy atom. The molecule has 1 atom stereocenters. The van der Waals surface area contributed by atoms with Crippen LogP contribution in [0.5, 0.6) is 0 Å². The summed E-state index contributed by atoms with van der Waals surface area (Å²) in [6, 6.07) is 0. The highest BCUT2D eigenvalue weighted by Crippen LogP contribution is 2.56. The van der Waals surface area contributed by atoms with Gasteiger partial charge >= 0.3 is 12.1 Å². The van der Waals surface area contributed by atoms with Gasteiger partial charge in [0.25, 0.3) is 0 Å². The van der Waals surface area contributed by atoms with Gasteiger partial charge in [0.2, 0.25) is 0 Å². The van der Waals surface area contributed by atoms with Crippen LogP contribution in [0.15, 0.2) is 9.98 Å². The Bertz CT molecular complexity index is 739. The van der Waals surface area contributed by atoms with Crippen LogP contribution in [0.4, 0.5) is 4.79 Å². The van der Waals surface area contributed by atoms with Gasteiger partial charge in [0, 0.05) is 18.5 Å². The van der Waals surface area contributed by atoms with Crippen LogP contribution in [-0.4, -0.2) is 52.4 Å². The number of carbonyl (C=O) groups is 2. The number of aliphatic carboxylic acids is 1. The number of hydrogen-bond donors (Lipinski definition) is 1. The van der Waals surface area contributed by atoms with Crippen molar-refractivity contribution in [2.75, 3.05) is 19.7 Å². The zero-order chi connectivity index (χ0) is 20.6. The number of carboxylic acid groups (broad SMARTS) is 1. The molecule has 0 radical (unpaired) electrons. The highest BCUT2D eigenvalue weighted by Gasteiger charge is 2.53. The van der Waals surface area contributed by atoms with E-state index in [1.807, 2.05) is 26.2 Å². The molecule has 2 aliphatic rings. The maximum Gasteiger partial charge on any atom is 0.410 e. The van der Waals surface area contributed by atoms with Crippen molar-refractivity contribution in [3.05, 3.63) is 15.0 Å². The Morgan fingerprint density at radius 3 is 2.50 bits per heavy atom. The molecular formula is C19H27BrN2O5S. The second kappa shape index (κ2) is 7.91. The molecule has 0 aromatic carbocycles. The molecule has 1 saturated heterocycles. The van der Waals surface area contributed by atoms with Crippen molar-refractivity contribution < 1.29 is 24.2 Å². The molecule has 3 rings (SSSR count). The van der Waals surface area contributed by atoms with Gasteiger partial charge in [-0.2, -0.15) is 0 Å². The number of aromatic nitrogens is 1. The molecule has 156 valence electrons. The minimum Gasteiger partial charge on any atom is -0.480 e. The van der Waals surface area contributed by atoms with E-state index in [4.69, 9.17) is 14.6 Å². The fourth-order valence-corrected chi connectivity index (χ4v) is 5.63. The normalized spacial score (nSPS) is 24.5. The van der Waals surface area contributed by atoms with Crippen LogP contribution in [0.3, 0.4) is 0 Å². The van der Waals surface area contributed by atoms with Gasteiger partial charge in [-0.25, -0.2) is 14.6 Å². The van der Waals surface area contributed by atoms with Crippen molar-refractivity contribution in [1.29, 1.82) is 0 Å². The molecular weight excluding hydrogens is 448 g/mol. The second-order valence-electron chi connectivity index (χ2n) is 8.80. The number of carbonyl (C=O) groups excluding carboxylic acids is 1. The van der Waals surface area contributed by atoms with E-state index < -0.39 is 17.2 Å². The fraction of sp³-hybridized carbons (Fsp3) is 0.737. The molecule has 1 aliphatic carbocycles. The molecule has 1 amide bonds. The molecule has 1 spiro atoms. The quantitative estimate of drug-likeness (QED) is 0.695. The molecule has 0 bridgehead atoms. The van der Waals surface area contributed by atoms with Gasteiger partial charge < -0.3 is 19.5 Å². The lowest BCUT2D eigenvalue weighted by Gasteiger charge is -2.40. The maximum atomic E-state index is 12.3. The average Bonchev–Trinajstić information content (AvgIpc) is 3.18. The summed E-state index contributed by atoms with van der Waals surface area (Å²) in [6.45, 7) is 6.56. The number of hydrogen-bond acceptors (Lipinski definition) is 6. The van der Waals surface area contributed by atoms with Crippen LogP contribution in [0.1, 0.15) is 57.9 Å². The van der Waals surface area contributed by atoms with Crippen LogP contribution in [-0.2, 0) is 19.9 Å². The van der Waals surface area contributed by atoms with Crippen molar-refractivity contribution in [3.8, 4) is 0 Å². The summed E-state index contributed by atoms with van der Waals surface area (Å²) in [4.78, 5) is 29.8. The smallest absolute Gasteiger partial charge is 0.410 e. The van der Waals surface area contributed by atoms with E-state index in [9.17, 15) is 9.59 Å². The van der Waals surface area contributed by atoms with E-state index in [-0.39, 0.29) is 18.1 Å². The SMILES string of the molecule is CC(C)(C)OC(=O)N1CCC2(CC1)CCC(OCC(=O)O)(c1nc(Br)cs1)C2. The van der Waals surface area contributed by atoms with Crippen molar-refractivity contribution in [2.45, 2.75) is 64.1 Å². The Labute approximate surface area is 177 Å². The van der Waals surface area contributed by atoms with E-state index >= 15 is 0 Å². The Hall–Kier alpha value is -1.19. The Kier molecular flexibility index (Phi) is 6.08. The second-order valence-corrected chi connectivity index (χ2v) is 10.5. The molecule has 9 heteroatoms. The Balaban J connectivity index is 1.70. The summed E-state index contributed by atoms with van der Waals surface area (Å²) >= 11 is 4.88. The van der Waals surface area contributed by atoms with Crippen LogP contribution in [0.25, 0.3) is 0 Å². The first-order valence-electron chi connectivity index (χ1n) is 9.48. The lowest BCUT2D eigenvalue weighted by atomic mass is 9.76. The minimum absolute atomic E-state index is 0.0369. The molecule has 1 unspecified atom stereocenters. The monoisotopic (exact) mass is 474 g/mol. The topological polar surface area (TPSA) is 89.0 Å². The number of piperidine rings is 1. The number of carboxylic acids is 1. The molecule has 28 heavy (non-hydrogen) atoms. The van der Waals surface area contributed by atoms with Crippen LogP contribution in [0.2, 0.25) is 0 Å². The van der Waals surface area contributed by atoms with E-state index in [0.29, 0.717) is 13.1 Å². The standard InChI is InChI=1S/C19H27BrN2O5S/c1-17(2,3)27-16(25)22-8-6-18(7-9-22)4-5-19(12-18,26-10-14(23)24)15-21-13(20)11-28-15/h11H,4-10,12H2,1-3H3,(H,23,24). The van der Waals surface area contributed by atoms with Crippen molar-refractivity contribution in [1.82, 2.24) is 9.88 Å². The van der Waals surface area contributed by atoms with Crippen LogP contribution < -0.4 is 0 Å². The van der Waals surface area contributed by atoms with E-state index in [2.05, 4.69) is 20.9 Å². The summed E-state index contributed by atoms with van der Waals surface area (Å²) in [5.74, 6) is -0.976. The van der Waals surface area contributed by atoms with Crippen LogP contribution >= 0.6 is 27.3 Å². The fourth-order valence-electron chi connectivity index (χ4n) is 4.20. The lowest BCUT2D eigenvalue weighted by Crippen LogP contribution is -2.45. The van der Waals surface area contributed by atoms with Crippen molar-refractivity contribution in [2.24, 2.45) is 5.41 Å². The first kappa shape index (κ1) is 21.5. The molecule has 2 fully saturated rings. The molecule has 1 saturated carbocycles. The van der Waals surface area contributed by atoms with Crippen LogP contribution in [0, 0.1) is 5.41 Å². The third kappa shape index (κ3) is 4.86. The molecule has 1 N–H and O–H groups in total. The van der Waals surface area contributed by atoms with Gasteiger partial charge in [-0.3, -0.25) is 0 Å². The number of rotatable bonds is 4. The number of amides is 1. The van der Waals surface area contributed by atoms with Crippen molar-refractivity contribution >= 4 is 39.3 Å².